The van der Waals surface area contributed by atoms with Crippen LogP contribution in [0.25, 0.3) is 0 Å². The molecule has 0 spiro atoms. The summed E-state index contributed by atoms with van der Waals surface area (Å²) in [7, 11) is 0. The lowest BCUT2D eigenvalue weighted by atomic mass is 10.1. The number of nitrogens with zero attached hydrogens (tertiary/aromatic N) is 1. The van der Waals surface area contributed by atoms with E-state index in [4.69, 9.17) is 5.11 Å². The van der Waals surface area contributed by atoms with Gasteiger partial charge in [0.05, 0.1) is 0 Å². The Labute approximate surface area is 88.7 Å². The normalized spacial score (nSPS) is 12.9. The fraction of sp³-hybridized carbons (Fsp3) is 0.273. The lowest BCUT2D eigenvalue weighted by Gasteiger charge is -2.11. The van der Waals surface area contributed by atoms with Gasteiger partial charge in [0, 0.05) is 31.1 Å². The Morgan fingerprint density at radius 2 is 2.27 bits per heavy atom. The first-order valence-corrected chi connectivity index (χ1v) is 4.73. The summed E-state index contributed by atoms with van der Waals surface area (Å²) in [6.07, 6.45) is 6.19. The summed E-state index contributed by atoms with van der Waals surface area (Å²) in [5, 5.41) is 11.5. The van der Waals surface area contributed by atoms with E-state index in [1.54, 1.807) is 18.5 Å². The molecule has 0 amide bonds. The summed E-state index contributed by atoms with van der Waals surface area (Å²) in [4.78, 5) is 14.1. The lowest BCUT2D eigenvalue weighted by Crippen LogP contribution is -2.18. The van der Waals surface area contributed by atoms with E-state index in [1.807, 2.05) is 19.1 Å². The van der Waals surface area contributed by atoms with E-state index in [2.05, 4.69) is 10.3 Å². The van der Waals surface area contributed by atoms with E-state index in [9.17, 15) is 4.79 Å². The predicted molar refractivity (Wildman–Crippen MR) is 57.4 cm³/mol. The van der Waals surface area contributed by atoms with Gasteiger partial charge in [0.25, 0.3) is 0 Å². The summed E-state index contributed by atoms with van der Waals surface area (Å²) in [5.74, 6) is -0.923. The Bertz CT molecular complexity index is 336. The maximum Gasteiger partial charge on any atom is 0.328 e. The second-order valence-electron chi connectivity index (χ2n) is 3.15. The molecule has 0 bridgehead atoms. The van der Waals surface area contributed by atoms with Crippen molar-refractivity contribution in [1.82, 2.24) is 10.3 Å². The number of carbonyl (C=O) groups is 1. The van der Waals surface area contributed by atoms with Crippen LogP contribution in [0.3, 0.4) is 0 Å². The zero-order valence-corrected chi connectivity index (χ0v) is 8.55. The molecular formula is C11H14N2O2. The largest absolute Gasteiger partial charge is 0.478 e. The van der Waals surface area contributed by atoms with Crippen molar-refractivity contribution >= 4 is 5.97 Å². The third kappa shape index (κ3) is 4.37. The second kappa shape index (κ2) is 5.93. The van der Waals surface area contributed by atoms with Crippen LogP contribution in [0.4, 0.5) is 0 Å². The first kappa shape index (κ1) is 11.4. The van der Waals surface area contributed by atoms with E-state index in [0.29, 0.717) is 6.54 Å². The molecule has 1 atom stereocenters. The fourth-order valence-corrected chi connectivity index (χ4v) is 1.17. The Balaban J connectivity index is 2.37. The molecule has 0 saturated heterocycles. The lowest BCUT2D eigenvalue weighted by molar-refractivity contribution is -0.131. The predicted octanol–water partition coefficient (Wildman–Crippen LogP) is 1.37. The average Bonchev–Trinajstić information content (AvgIpc) is 2.25. The Hall–Kier alpha value is -1.68. The molecule has 1 aromatic rings. The minimum absolute atomic E-state index is 0.187. The third-order valence-corrected chi connectivity index (χ3v) is 2.01. The first-order chi connectivity index (χ1) is 7.20. The van der Waals surface area contributed by atoms with Crippen LogP contribution in [0.1, 0.15) is 18.5 Å². The number of hydrogen-bond donors (Lipinski definition) is 2. The van der Waals surface area contributed by atoms with Gasteiger partial charge in [-0.1, -0.05) is 6.08 Å². The molecule has 4 heteroatoms. The molecule has 1 heterocycles. The summed E-state index contributed by atoms with van der Waals surface area (Å²) >= 11 is 0. The number of carboxylic acids is 1. The van der Waals surface area contributed by atoms with Crippen LogP contribution < -0.4 is 5.32 Å². The summed E-state index contributed by atoms with van der Waals surface area (Å²) in [6, 6.07) is 4.04. The Kier molecular flexibility index (Phi) is 4.50. The molecular weight excluding hydrogens is 192 g/mol. The number of nitrogens with one attached hydrogen (secondary N) is 1. The third-order valence-electron chi connectivity index (χ3n) is 2.01. The molecule has 0 aliphatic heterocycles. The minimum atomic E-state index is -0.923. The van der Waals surface area contributed by atoms with Crippen LogP contribution in [-0.4, -0.2) is 22.6 Å². The Morgan fingerprint density at radius 1 is 1.60 bits per heavy atom. The average molecular weight is 206 g/mol. The molecule has 0 aliphatic rings. The zero-order chi connectivity index (χ0) is 11.1. The molecule has 0 fully saturated rings. The van der Waals surface area contributed by atoms with Gasteiger partial charge < -0.3 is 10.4 Å². The quantitative estimate of drug-likeness (QED) is 0.714. The van der Waals surface area contributed by atoms with E-state index in [-0.39, 0.29) is 6.04 Å². The number of carboxylic acid groups (broad SMARTS) is 1. The molecule has 2 N–H and O–H groups in total. The molecule has 0 saturated carbocycles. The monoisotopic (exact) mass is 206 g/mol. The maximum absolute atomic E-state index is 10.2. The summed E-state index contributed by atoms with van der Waals surface area (Å²) in [5.41, 5.74) is 1.13. The molecule has 0 radical (unpaired) electrons. The first-order valence-electron chi connectivity index (χ1n) is 4.73. The highest BCUT2D eigenvalue weighted by Crippen LogP contribution is 2.09. The highest BCUT2D eigenvalue weighted by atomic mass is 16.4. The van der Waals surface area contributed by atoms with Crippen molar-refractivity contribution in [3.05, 3.63) is 42.2 Å². The number of pyridine rings is 1. The highest BCUT2D eigenvalue weighted by Gasteiger charge is 2.01. The number of aliphatic carboxylic acids is 1. The van der Waals surface area contributed by atoms with Crippen LogP contribution in [0.5, 0.6) is 0 Å². The molecule has 4 nitrogen and oxygen atoms in total. The van der Waals surface area contributed by atoms with Gasteiger partial charge in [-0.25, -0.2) is 4.79 Å². The van der Waals surface area contributed by atoms with Crippen LogP contribution in [0.2, 0.25) is 0 Å². The summed E-state index contributed by atoms with van der Waals surface area (Å²) < 4.78 is 0. The standard InChI is InChI=1S/C11H14N2O2/c1-9(10-4-7-12-8-5-10)13-6-2-3-11(14)15/h2-5,7-9,13H,6H2,1H3,(H,14,15)/b3-2+/t9-/m0/s1. The number of hydrogen-bond acceptors (Lipinski definition) is 3. The van der Waals surface area contributed by atoms with E-state index in [0.717, 1.165) is 11.6 Å². The van der Waals surface area contributed by atoms with Crippen LogP contribution in [-0.2, 0) is 4.79 Å². The van der Waals surface area contributed by atoms with Crippen molar-refractivity contribution in [2.75, 3.05) is 6.54 Å². The zero-order valence-electron chi connectivity index (χ0n) is 8.55. The topological polar surface area (TPSA) is 62.2 Å². The molecule has 0 aromatic carbocycles. The van der Waals surface area contributed by atoms with E-state index < -0.39 is 5.97 Å². The summed E-state index contributed by atoms with van der Waals surface area (Å²) in [6.45, 7) is 2.56. The van der Waals surface area contributed by atoms with Gasteiger partial charge in [0.1, 0.15) is 0 Å². The SMILES string of the molecule is C[C@H](NC/C=C/C(=O)O)c1ccncc1. The van der Waals surface area contributed by atoms with E-state index in [1.165, 1.54) is 0 Å². The molecule has 1 aromatic heterocycles. The van der Waals surface area contributed by atoms with Gasteiger partial charge in [-0.2, -0.15) is 0 Å². The molecule has 0 unspecified atom stereocenters. The van der Waals surface area contributed by atoms with Crippen molar-refractivity contribution < 1.29 is 9.90 Å². The molecule has 1 rings (SSSR count). The van der Waals surface area contributed by atoms with Gasteiger partial charge in [0.2, 0.25) is 0 Å². The smallest absolute Gasteiger partial charge is 0.328 e. The van der Waals surface area contributed by atoms with Crippen LogP contribution >= 0.6 is 0 Å². The van der Waals surface area contributed by atoms with Crippen molar-refractivity contribution in [3.63, 3.8) is 0 Å². The van der Waals surface area contributed by atoms with Crippen LogP contribution in [0.15, 0.2) is 36.7 Å². The van der Waals surface area contributed by atoms with E-state index >= 15 is 0 Å². The second-order valence-corrected chi connectivity index (χ2v) is 3.15. The number of aromatic nitrogens is 1. The molecule has 15 heavy (non-hydrogen) atoms. The van der Waals surface area contributed by atoms with Gasteiger partial charge >= 0.3 is 5.97 Å². The van der Waals surface area contributed by atoms with Gasteiger partial charge in [-0.05, 0) is 24.6 Å². The Morgan fingerprint density at radius 3 is 2.87 bits per heavy atom. The minimum Gasteiger partial charge on any atom is -0.478 e. The van der Waals surface area contributed by atoms with Crippen LogP contribution in [0, 0.1) is 0 Å². The van der Waals surface area contributed by atoms with Crippen molar-refractivity contribution in [3.8, 4) is 0 Å². The highest BCUT2D eigenvalue weighted by molar-refractivity contribution is 5.79. The number of rotatable bonds is 5. The maximum atomic E-state index is 10.2. The molecule has 80 valence electrons. The van der Waals surface area contributed by atoms with Crippen molar-refractivity contribution in [1.29, 1.82) is 0 Å². The van der Waals surface area contributed by atoms with Gasteiger partial charge in [-0.15, -0.1) is 0 Å². The van der Waals surface area contributed by atoms with Gasteiger partial charge in [-0.3, -0.25) is 4.98 Å². The van der Waals surface area contributed by atoms with Crippen molar-refractivity contribution in [2.45, 2.75) is 13.0 Å². The fourth-order valence-electron chi connectivity index (χ4n) is 1.17. The molecule has 0 aliphatic carbocycles. The van der Waals surface area contributed by atoms with Crippen molar-refractivity contribution in [2.24, 2.45) is 0 Å². The van der Waals surface area contributed by atoms with Gasteiger partial charge in [0.15, 0.2) is 0 Å².